The summed E-state index contributed by atoms with van der Waals surface area (Å²) in [5.74, 6) is -1.12. The molecule has 0 spiro atoms. The minimum atomic E-state index is -1.50. The van der Waals surface area contributed by atoms with Crippen molar-refractivity contribution in [1.29, 1.82) is 0 Å². The van der Waals surface area contributed by atoms with Gasteiger partial charge in [0.1, 0.15) is 0 Å². The number of carbonyl (C=O) groups is 3. The second-order valence-corrected chi connectivity index (χ2v) is 12.0. The first-order valence-corrected chi connectivity index (χ1v) is 12.5. The molecule has 0 aliphatic heterocycles. The van der Waals surface area contributed by atoms with E-state index < -0.39 is 37.4 Å². The summed E-state index contributed by atoms with van der Waals surface area (Å²) < 4.78 is 10.4. The van der Waals surface area contributed by atoms with Crippen molar-refractivity contribution in [3.05, 3.63) is 23.8 Å². The van der Waals surface area contributed by atoms with Crippen LogP contribution in [-0.2, 0) is 19.1 Å². The number of rotatable bonds is 2. The second kappa shape index (κ2) is 7.54. The molecule has 0 aromatic heterocycles. The Labute approximate surface area is 207 Å². The van der Waals surface area contributed by atoms with E-state index in [9.17, 15) is 19.5 Å². The lowest BCUT2D eigenvalue weighted by Crippen LogP contribution is -2.70. The van der Waals surface area contributed by atoms with Gasteiger partial charge in [-0.15, -0.1) is 11.6 Å². The number of aliphatic hydroxyl groups is 1. The van der Waals surface area contributed by atoms with E-state index >= 15 is 0 Å². The number of ketones is 1. The predicted octanol–water partition coefficient (Wildman–Crippen LogP) is 4.60. The number of aliphatic hydroxyl groups excluding tert-OH is 1. The summed E-state index contributed by atoms with van der Waals surface area (Å²) in [4.78, 5) is 36.5. The highest BCUT2D eigenvalue weighted by atomic mass is 127. The van der Waals surface area contributed by atoms with Crippen LogP contribution in [0.5, 0.6) is 0 Å². The van der Waals surface area contributed by atoms with Crippen molar-refractivity contribution >= 4 is 49.9 Å². The van der Waals surface area contributed by atoms with Gasteiger partial charge < -0.3 is 14.6 Å². The van der Waals surface area contributed by atoms with Gasteiger partial charge in [-0.2, -0.15) is 0 Å². The molecule has 4 aliphatic carbocycles. The van der Waals surface area contributed by atoms with Crippen LogP contribution >= 0.6 is 34.2 Å². The van der Waals surface area contributed by atoms with Crippen LogP contribution < -0.4 is 0 Å². The van der Waals surface area contributed by atoms with Crippen molar-refractivity contribution in [2.45, 2.75) is 63.5 Å². The number of methoxy groups -OCH3 is 1. The Morgan fingerprint density at radius 3 is 2.47 bits per heavy atom. The number of halogens is 2. The number of hydrogen-bond donors (Lipinski definition) is 1. The van der Waals surface area contributed by atoms with Crippen LogP contribution in [0.2, 0.25) is 0 Å². The van der Waals surface area contributed by atoms with E-state index in [-0.39, 0.29) is 35.9 Å². The molecule has 0 bridgehead atoms. The third-order valence-corrected chi connectivity index (χ3v) is 10.4. The zero-order chi connectivity index (χ0) is 23.9. The molecule has 4 aliphatic rings. The third-order valence-electron chi connectivity index (χ3n) is 9.24. The fourth-order valence-corrected chi connectivity index (χ4v) is 8.73. The Kier molecular flexibility index (Phi) is 5.70. The molecule has 0 aromatic carbocycles. The third kappa shape index (κ3) is 2.76. The van der Waals surface area contributed by atoms with Gasteiger partial charge in [-0.3, -0.25) is 4.79 Å². The van der Waals surface area contributed by atoms with Crippen molar-refractivity contribution in [2.75, 3.05) is 7.11 Å². The smallest absolute Gasteiger partial charge is 0.368 e. The lowest BCUT2D eigenvalue weighted by atomic mass is 9.44. The molecule has 1 N–H and O–H groups in total. The maximum Gasteiger partial charge on any atom is 0.368 e. The first-order chi connectivity index (χ1) is 14.8. The quantitative estimate of drug-likeness (QED) is 0.224. The Balaban J connectivity index is 1.89. The molecular formula is C24H30ClIO6. The molecule has 0 aromatic rings. The first-order valence-electron chi connectivity index (χ1n) is 11.1. The van der Waals surface area contributed by atoms with Gasteiger partial charge in [0.15, 0.2) is 5.78 Å². The van der Waals surface area contributed by atoms with E-state index in [0.29, 0.717) is 12.8 Å². The van der Waals surface area contributed by atoms with Crippen LogP contribution in [0.3, 0.4) is 0 Å². The minimum Gasteiger partial charge on any atom is -0.466 e. The van der Waals surface area contributed by atoms with Crippen LogP contribution in [-0.4, -0.2) is 44.5 Å². The van der Waals surface area contributed by atoms with E-state index in [2.05, 4.69) is 6.92 Å². The van der Waals surface area contributed by atoms with E-state index in [4.69, 9.17) is 21.1 Å². The average Bonchev–Trinajstić information content (AvgIpc) is 2.92. The first kappa shape index (κ1) is 24.2. The highest BCUT2D eigenvalue weighted by molar-refractivity contribution is 14.1. The lowest BCUT2D eigenvalue weighted by molar-refractivity contribution is -0.195. The fourth-order valence-electron chi connectivity index (χ4n) is 7.89. The monoisotopic (exact) mass is 576 g/mol. The molecule has 176 valence electrons. The summed E-state index contributed by atoms with van der Waals surface area (Å²) >= 11 is 9.01. The molecule has 6 nitrogen and oxygen atoms in total. The van der Waals surface area contributed by atoms with Gasteiger partial charge in [0.25, 0.3) is 0 Å². The molecule has 0 radical (unpaired) electrons. The van der Waals surface area contributed by atoms with E-state index in [0.717, 1.165) is 5.57 Å². The minimum absolute atomic E-state index is 0.0636. The van der Waals surface area contributed by atoms with E-state index in [1.54, 1.807) is 28.7 Å². The summed E-state index contributed by atoms with van der Waals surface area (Å²) in [6, 6.07) is 0. The van der Waals surface area contributed by atoms with Crippen LogP contribution in [0, 0.1) is 34.5 Å². The SMILES string of the molecule is COC(=O)[C@@]1(OC(=O)I)[C@H](C)CC2C3C[C@H](C)C4=CC(=O)C=CC4(C)[C@@]3(Cl)C(O)CC21C. The highest BCUT2D eigenvalue weighted by Crippen LogP contribution is 2.72. The van der Waals surface area contributed by atoms with Crippen LogP contribution in [0.4, 0.5) is 4.79 Å². The Morgan fingerprint density at radius 2 is 1.88 bits per heavy atom. The number of hydrogen-bond acceptors (Lipinski definition) is 6. The van der Waals surface area contributed by atoms with Crippen molar-refractivity contribution in [1.82, 2.24) is 0 Å². The molecular weight excluding hydrogens is 547 g/mol. The lowest BCUT2D eigenvalue weighted by Gasteiger charge is -2.64. The van der Waals surface area contributed by atoms with Gasteiger partial charge in [0.05, 0.1) is 40.7 Å². The topological polar surface area (TPSA) is 89.9 Å². The Bertz CT molecular complexity index is 947. The number of ether oxygens (including phenoxy) is 2. The summed E-state index contributed by atoms with van der Waals surface area (Å²) in [7, 11) is 1.30. The van der Waals surface area contributed by atoms with E-state index in [1.807, 2.05) is 26.8 Å². The van der Waals surface area contributed by atoms with Crippen LogP contribution in [0.25, 0.3) is 0 Å². The van der Waals surface area contributed by atoms with Crippen LogP contribution in [0.15, 0.2) is 23.8 Å². The average molecular weight is 577 g/mol. The normalized spacial score (nSPS) is 49.4. The summed E-state index contributed by atoms with van der Waals surface area (Å²) in [6.45, 7) is 7.92. The Hall–Kier alpha value is -0.930. The zero-order valence-corrected chi connectivity index (χ0v) is 21.9. The number of carbonyl (C=O) groups excluding carboxylic acids is 3. The fraction of sp³-hybridized carbons (Fsp3) is 0.708. The van der Waals surface area contributed by atoms with Crippen molar-refractivity contribution in [3.8, 4) is 0 Å². The second-order valence-electron chi connectivity index (χ2n) is 10.5. The molecule has 0 saturated heterocycles. The molecule has 32 heavy (non-hydrogen) atoms. The Morgan fingerprint density at radius 1 is 1.22 bits per heavy atom. The molecule has 0 heterocycles. The summed E-state index contributed by atoms with van der Waals surface area (Å²) in [5.41, 5.74) is -2.11. The van der Waals surface area contributed by atoms with Gasteiger partial charge in [-0.1, -0.05) is 39.3 Å². The standard InChI is InChI=1S/C24H30ClIO6/c1-12-8-17-16-9-13(2)24(19(29)31-5,32-20(26)30)22(16,4)11-18(28)23(17,25)21(3)7-6-14(27)10-15(12)21/h6-7,10,12-13,16-18,28H,8-9,11H2,1-5H3/t12-,13+,16?,17?,18?,21?,22?,23-,24-/m0/s1. The predicted molar refractivity (Wildman–Crippen MR) is 127 cm³/mol. The molecule has 8 heteroatoms. The molecule has 9 atom stereocenters. The molecule has 5 unspecified atom stereocenters. The number of fused-ring (bicyclic) bond motifs is 5. The summed E-state index contributed by atoms with van der Waals surface area (Å²) in [5, 5.41) is 11.7. The van der Waals surface area contributed by atoms with Gasteiger partial charge in [0.2, 0.25) is 5.60 Å². The van der Waals surface area contributed by atoms with Crippen molar-refractivity contribution in [2.24, 2.45) is 34.5 Å². The zero-order valence-electron chi connectivity index (χ0n) is 19.0. The summed E-state index contributed by atoms with van der Waals surface area (Å²) in [6.07, 6.45) is 5.54. The van der Waals surface area contributed by atoms with Gasteiger partial charge in [-0.05, 0) is 49.2 Å². The highest BCUT2D eigenvalue weighted by Gasteiger charge is 2.77. The van der Waals surface area contributed by atoms with E-state index in [1.165, 1.54) is 13.2 Å². The van der Waals surface area contributed by atoms with Crippen molar-refractivity contribution in [3.63, 3.8) is 0 Å². The molecule has 3 saturated carbocycles. The number of esters is 1. The van der Waals surface area contributed by atoms with Gasteiger partial charge in [0, 0.05) is 16.7 Å². The molecule has 4 rings (SSSR count). The van der Waals surface area contributed by atoms with Gasteiger partial charge >= 0.3 is 9.95 Å². The maximum absolute atomic E-state index is 13.2. The van der Waals surface area contributed by atoms with Crippen LogP contribution in [0.1, 0.15) is 47.0 Å². The van der Waals surface area contributed by atoms with Gasteiger partial charge in [-0.25, -0.2) is 9.59 Å². The molecule has 0 amide bonds. The number of alkyl halides is 1. The maximum atomic E-state index is 13.2. The largest absolute Gasteiger partial charge is 0.466 e. The number of allylic oxidation sites excluding steroid dienone is 4. The van der Waals surface area contributed by atoms with Crippen molar-refractivity contribution < 1.29 is 29.0 Å². The molecule has 3 fully saturated rings.